The molecule has 2 aromatic heterocycles. The zero-order valence-electron chi connectivity index (χ0n) is 22.5. The van der Waals surface area contributed by atoms with Crippen molar-refractivity contribution in [2.24, 2.45) is 0 Å². The highest BCUT2D eigenvalue weighted by atomic mass is 79.9. The molecule has 0 amide bonds. The summed E-state index contributed by atoms with van der Waals surface area (Å²) >= 11 is 4.96. The molecule has 0 radical (unpaired) electrons. The Balaban J connectivity index is 2.07. The first kappa shape index (κ1) is 30.4. The number of aryl methyl sites for hydroxylation is 1. The van der Waals surface area contributed by atoms with E-state index in [0.717, 1.165) is 52.9 Å². The van der Waals surface area contributed by atoms with Gasteiger partial charge in [-0.05, 0) is 79.9 Å². The second-order valence-electron chi connectivity index (χ2n) is 10.3. The number of carbonyl (C=O) groups excluding carboxylic acids is 4. The number of ether oxygens (including phenoxy) is 1. The van der Waals surface area contributed by atoms with Crippen LogP contribution >= 0.6 is 27.3 Å². The molecule has 12 heteroatoms. The Morgan fingerprint density at radius 1 is 1.00 bits per heavy atom. The van der Waals surface area contributed by atoms with Gasteiger partial charge in [-0.3, -0.25) is 19.2 Å². The number of nitrogens with zero attached hydrogens (tertiary/aromatic N) is 1. The molecular formula is C28H30BrNO9S. The maximum atomic E-state index is 13.2. The number of hydrogen-bond acceptors (Lipinski definition) is 10. The van der Waals surface area contributed by atoms with E-state index in [0.29, 0.717) is 11.9 Å². The Labute approximate surface area is 242 Å². The van der Waals surface area contributed by atoms with Crippen LogP contribution in [-0.4, -0.2) is 77.1 Å². The molecule has 4 N–H and O–H groups in total. The van der Waals surface area contributed by atoms with E-state index in [1.165, 1.54) is 15.9 Å². The molecule has 4 rings (SSSR count). The largest absolute Gasteiger partial charge is 0.382 e. The number of aliphatic hydroxyl groups is 4. The molecule has 1 aliphatic heterocycles. The standard InChI is InChI=1S/C28H30BrNO9S/c1-13-7-6-8-20-22(13)18(11-19-9-10-21(29)40-19)12-30(20)25-27(37,16(4)33)28(38,17(5)34)26(36,15(3)32)24(39-25)23(35)14(2)31/h6-10,12,23-25,35-38H,11H2,1-5H3/t23?,24-,25-,26-,27+,28+/m1/s1. The third kappa shape index (κ3) is 4.16. The minimum absolute atomic E-state index is 0.434. The number of hydrogen-bond donors (Lipinski definition) is 4. The van der Waals surface area contributed by atoms with Crippen LogP contribution in [0.15, 0.2) is 40.3 Å². The Kier molecular flexibility index (Phi) is 7.87. The third-order valence-electron chi connectivity index (χ3n) is 7.83. The summed E-state index contributed by atoms with van der Waals surface area (Å²) < 4.78 is 8.19. The Bertz CT molecular complexity index is 1550. The molecule has 0 bridgehead atoms. The van der Waals surface area contributed by atoms with Gasteiger partial charge in [0, 0.05) is 22.9 Å². The normalized spacial score (nSPS) is 29.4. The number of halogens is 1. The van der Waals surface area contributed by atoms with Crippen LogP contribution in [0.5, 0.6) is 0 Å². The molecule has 6 atom stereocenters. The van der Waals surface area contributed by atoms with Gasteiger partial charge in [0.15, 0.2) is 35.0 Å². The monoisotopic (exact) mass is 635 g/mol. The van der Waals surface area contributed by atoms with Gasteiger partial charge in [0.1, 0.15) is 12.2 Å². The topological polar surface area (TPSA) is 163 Å². The highest BCUT2D eigenvalue weighted by molar-refractivity contribution is 9.11. The minimum atomic E-state index is -3.51. The highest BCUT2D eigenvalue weighted by Crippen LogP contribution is 2.52. The lowest BCUT2D eigenvalue weighted by Crippen LogP contribution is -2.85. The summed E-state index contributed by atoms with van der Waals surface area (Å²) in [5.74, 6) is -4.78. The molecule has 1 fully saturated rings. The van der Waals surface area contributed by atoms with Crippen molar-refractivity contribution in [3.05, 3.63) is 56.3 Å². The number of ketones is 4. The number of thiophene rings is 1. The van der Waals surface area contributed by atoms with Crippen LogP contribution in [-0.2, 0) is 30.3 Å². The van der Waals surface area contributed by atoms with Crippen molar-refractivity contribution < 1.29 is 44.3 Å². The quantitative estimate of drug-likeness (QED) is 0.290. The van der Waals surface area contributed by atoms with Gasteiger partial charge >= 0.3 is 0 Å². The Hall–Kier alpha value is -2.58. The zero-order valence-corrected chi connectivity index (χ0v) is 24.9. The maximum Gasteiger partial charge on any atom is 0.207 e. The van der Waals surface area contributed by atoms with Crippen molar-refractivity contribution >= 4 is 61.3 Å². The first-order chi connectivity index (χ1) is 18.5. The lowest BCUT2D eigenvalue weighted by atomic mass is 9.59. The summed E-state index contributed by atoms with van der Waals surface area (Å²) in [5.41, 5.74) is -8.09. The smallest absolute Gasteiger partial charge is 0.207 e. The van der Waals surface area contributed by atoms with Crippen molar-refractivity contribution in [1.29, 1.82) is 0 Å². The average Bonchev–Trinajstić information content (AvgIpc) is 3.45. The molecule has 0 saturated carbocycles. The summed E-state index contributed by atoms with van der Waals surface area (Å²) in [5, 5.41) is 47.2. The summed E-state index contributed by atoms with van der Waals surface area (Å²) in [4.78, 5) is 52.5. The number of aromatic nitrogens is 1. The summed E-state index contributed by atoms with van der Waals surface area (Å²) in [6, 6.07) is 9.09. The van der Waals surface area contributed by atoms with Gasteiger partial charge in [-0.25, -0.2) is 0 Å². The number of rotatable bonds is 8. The second kappa shape index (κ2) is 10.4. The molecule has 10 nitrogen and oxygen atoms in total. The molecule has 1 aliphatic rings. The number of carbonyl (C=O) groups is 4. The number of benzene rings is 1. The molecule has 1 saturated heterocycles. The summed E-state index contributed by atoms with van der Waals surface area (Å²) in [7, 11) is 0. The minimum Gasteiger partial charge on any atom is -0.382 e. The van der Waals surface area contributed by atoms with Crippen molar-refractivity contribution in [2.75, 3.05) is 0 Å². The summed E-state index contributed by atoms with van der Waals surface area (Å²) in [6.45, 7) is 5.30. The lowest BCUT2D eigenvalue weighted by Gasteiger charge is -2.58. The van der Waals surface area contributed by atoms with E-state index in [1.807, 2.05) is 25.1 Å². The van der Waals surface area contributed by atoms with Gasteiger partial charge in [-0.15, -0.1) is 11.3 Å². The predicted octanol–water partition coefficient (Wildman–Crippen LogP) is 2.17. The van der Waals surface area contributed by atoms with E-state index in [2.05, 4.69) is 15.9 Å². The van der Waals surface area contributed by atoms with E-state index in [9.17, 15) is 39.6 Å². The maximum absolute atomic E-state index is 13.2. The SMILES string of the molecule is CC(=O)C(O)[C@H]1O[C@@H](n2cc(Cc3ccc(Br)s3)c3c(C)cccc32)[C@@](O)(C(C)=O)[C@](O)(C(C)=O)[C@@]1(O)C(C)=O. The molecule has 0 spiro atoms. The van der Waals surface area contributed by atoms with Crippen LogP contribution in [0.4, 0.5) is 0 Å². The van der Waals surface area contributed by atoms with Crippen LogP contribution in [0.3, 0.4) is 0 Å². The predicted molar refractivity (Wildman–Crippen MR) is 149 cm³/mol. The zero-order chi connectivity index (χ0) is 29.9. The van der Waals surface area contributed by atoms with Gasteiger partial charge < -0.3 is 29.7 Å². The lowest BCUT2D eigenvalue weighted by molar-refractivity contribution is -0.341. The van der Waals surface area contributed by atoms with Gasteiger partial charge in [-0.2, -0.15) is 0 Å². The van der Waals surface area contributed by atoms with Gasteiger partial charge in [0.2, 0.25) is 11.2 Å². The molecule has 1 aromatic carbocycles. The van der Waals surface area contributed by atoms with Gasteiger partial charge in [0.05, 0.1) is 9.30 Å². The van der Waals surface area contributed by atoms with Crippen LogP contribution in [0, 0.1) is 6.92 Å². The van der Waals surface area contributed by atoms with E-state index in [4.69, 9.17) is 4.74 Å². The Morgan fingerprint density at radius 3 is 2.12 bits per heavy atom. The van der Waals surface area contributed by atoms with Gasteiger partial charge in [0.25, 0.3) is 0 Å². The fourth-order valence-electron chi connectivity index (χ4n) is 5.76. The second-order valence-corrected chi connectivity index (χ2v) is 12.8. The van der Waals surface area contributed by atoms with Crippen molar-refractivity contribution in [1.82, 2.24) is 4.57 Å². The van der Waals surface area contributed by atoms with Crippen molar-refractivity contribution in [2.45, 2.75) is 76.3 Å². The molecular weight excluding hydrogens is 606 g/mol. The molecule has 3 heterocycles. The Morgan fingerprint density at radius 2 is 1.62 bits per heavy atom. The summed E-state index contributed by atoms with van der Waals surface area (Å²) in [6.07, 6.45) is -4.36. The molecule has 40 heavy (non-hydrogen) atoms. The number of Topliss-reactive ketones (excluding diaryl/α,β-unsaturated/α-hetero) is 4. The first-order valence-electron chi connectivity index (χ1n) is 12.4. The van der Waals surface area contributed by atoms with E-state index < -0.39 is 58.4 Å². The molecule has 3 aromatic rings. The first-order valence-corrected chi connectivity index (χ1v) is 14.0. The van der Waals surface area contributed by atoms with E-state index in [1.54, 1.807) is 18.3 Å². The van der Waals surface area contributed by atoms with Gasteiger partial charge in [-0.1, -0.05) is 12.1 Å². The van der Waals surface area contributed by atoms with Crippen LogP contribution in [0.25, 0.3) is 10.9 Å². The highest BCUT2D eigenvalue weighted by Gasteiger charge is 2.79. The fraction of sp³-hybridized carbons (Fsp3) is 0.429. The molecule has 1 unspecified atom stereocenters. The molecule has 214 valence electrons. The van der Waals surface area contributed by atoms with Crippen LogP contribution in [0.2, 0.25) is 0 Å². The number of fused-ring (bicyclic) bond motifs is 1. The third-order valence-corrected chi connectivity index (χ3v) is 9.45. The average molecular weight is 637 g/mol. The fourth-order valence-corrected chi connectivity index (χ4v) is 7.27. The van der Waals surface area contributed by atoms with Crippen LogP contribution < -0.4 is 0 Å². The van der Waals surface area contributed by atoms with Crippen molar-refractivity contribution in [3.8, 4) is 0 Å². The molecule has 0 aliphatic carbocycles. The van der Waals surface area contributed by atoms with E-state index in [-0.39, 0.29) is 0 Å². The van der Waals surface area contributed by atoms with E-state index >= 15 is 0 Å². The van der Waals surface area contributed by atoms with Crippen LogP contribution in [0.1, 0.15) is 49.9 Å². The van der Waals surface area contributed by atoms with Crippen molar-refractivity contribution in [3.63, 3.8) is 0 Å². The number of aliphatic hydroxyl groups excluding tert-OH is 1.